The molecular weight excluding hydrogens is 192 g/mol. The van der Waals surface area contributed by atoms with E-state index in [4.69, 9.17) is 4.42 Å². The number of rotatable bonds is 4. The van der Waals surface area contributed by atoms with Crippen molar-refractivity contribution in [2.24, 2.45) is 0 Å². The number of carbonyl (C=O) groups excluding carboxylic acids is 1. The number of nitrogens with zero attached hydrogens (tertiary/aromatic N) is 2. The monoisotopic (exact) mass is 208 g/mol. The van der Waals surface area contributed by atoms with Gasteiger partial charge in [0.15, 0.2) is 0 Å². The van der Waals surface area contributed by atoms with Crippen molar-refractivity contribution in [2.45, 2.75) is 32.2 Å². The van der Waals surface area contributed by atoms with Crippen LogP contribution < -0.4 is 0 Å². The Morgan fingerprint density at radius 3 is 3.33 bits per heavy atom. The maximum absolute atomic E-state index is 10.3. The summed E-state index contributed by atoms with van der Waals surface area (Å²) in [7, 11) is 0. The van der Waals surface area contributed by atoms with Gasteiger partial charge in [-0.25, -0.2) is 4.98 Å². The van der Waals surface area contributed by atoms with Gasteiger partial charge >= 0.3 is 0 Å². The summed E-state index contributed by atoms with van der Waals surface area (Å²) in [6.07, 6.45) is 5.10. The summed E-state index contributed by atoms with van der Waals surface area (Å²) in [6.45, 7) is 4.29. The minimum Gasteiger partial charge on any atom is -0.447 e. The SMILES string of the molecule is CCN1CCCC1c1nc(CC=O)co1. The summed E-state index contributed by atoms with van der Waals surface area (Å²) in [6, 6.07) is 0.315. The maximum atomic E-state index is 10.3. The Kier molecular flexibility index (Phi) is 3.16. The van der Waals surface area contributed by atoms with Crippen LogP contribution in [0, 0.1) is 0 Å². The van der Waals surface area contributed by atoms with Gasteiger partial charge in [0.2, 0.25) is 5.89 Å². The quantitative estimate of drug-likeness (QED) is 0.705. The van der Waals surface area contributed by atoms with Crippen molar-refractivity contribution < 1.29 is 9.21 Å². The van der Waals surface area contributed by atoms with Gasteiger partial charge in [-0.2, -0.15) is 0 Å². The Morgan fingerprint density at radius 1 is 1.73 bits per heavy atom. The summed E-state index contributed by atoms with van der Waals surface area (Å²) in [5.41, 5.74) is 0.739. The molecule has 0 aromatic carbocycles. The van der Waals surface area contributed by atoms with Crippen LogP contribution in [0.3, 0.4) is 0 Å². The Labute approximate surface area is 89.3 Å². The molecule has 4 nitrogen and oxygen atoms in total. The molecule has 0 saturated carbocycles. The van der Waals surface area contributed by atoms with E-state index in [9.17, 15) is 4.79 Å². The molecule has 4 heteroatoms. The number of hydrogen-bond acceptors (Lipinski definition) is 4. The molecule has 2 heterocycles. The average molecular weight is 208 g/mol. The van der Waals surface area contributed by atoms with Gasteiger partial charge in [-0.1, -0.05) is 6.92 Å². The van der Waals surface area contributed by atoms with Crippen LogP contribution in [0.5, 0.6) is 0 Å². The minimum absolute atomic E-state index is 0.315. The van der Waals surface area contributed by atoms with Crippen LogP contribution in [-0.4, -0.2) is 29.3 Å². The fourth-order valence-corrected chi connectivity index (χ4v) is 2.14. The molecule has 2 rings (SSSR count). The molecule has 0 spiro atoms. The molecule has 1 saturated heterocycles. The summed E-state index contributed by atoms with van der Waals surface area (Å²) in [4.78, 5) is 17.0. The second-order valence-electron chi connectivity index (χ2n) is 3.83. The van der Waals surface area contributed by atoms with Crippen LogP contribution in [0.1, 0.15) is 37.4 Å². The number of oxazole rings is 1. The fourth-order valence-electron chi connectivity index (χ4n) is 2.14. The van der Waals surface area contributed by atoms with Gasteiger partial charge in [-0.15, -0.1) is 0 Å². The highest BCUT2D eigenvalue weighted by Crippen LogP contribution is 2.30. The lowest BCUT2D eigenvalue weighted by molar-refractivity contribution is -0.107. The van der Waals surface area contributed by atoms with Gasteiger partial charge in [-0.3, -0.25) is 4.90 Å². The molecule has 1 aliphatic rings. The van der Waals surface area contributed by atoms with Gasteiger partial charge in [0.05, 0.1) is 11.7 Å². The molecule has 0 N–H and O–H groups in total. The number of likely N-dealkylation sites (tertiary alicyclic amines) is 1. The standard InChI is InChI=1S/C11H16N2O2/c1-2-13-6-3-4-10(13)11-12-9(5-7-14)8-15-11/h7-8,10H,2-6H2,1H3. The van der Waals surface area contributed by atoms with E-state index in [0.29, 0.717) is 12.5 Å². The van der Waals surface area contributed by atoms with E-state index in [2.05, 4.69) is 16.8 Å². The Hall–Kier alpha value is -1.16. The third-order valence-corrected chi connectivity index (χ3v) is 2.92. The lowest BCUT2D eigenvalue weighted by Gasteiger charge is -2.19. The van der Waals surface area contributed by atoms with Gasteiger partial charge in [-0.05, 0) is 25.9 Å². The molecule has 1 atom stereocenters. The molecule has 1 unspecified atom stereocenters. The number of hydrogen-bond donors (Lipinski definition) is 0. The first-order valence-electron chi connectivity index (χ1n) is 5.47. The van der Waals surface area contributed by atoms with Crippen molar-refractivity contribution in [2.75, 3.05) is 13.1 Å². The highest BCUT2D eigenvalue weighted by Gasteiger charge is 2.28. The van der Waals surface area contributed by atoms with Gasteiger partial charge < -0.3 is 9.21 Å². The molecule has 82 valence electrons. The zero-order valence-electron chi connectivity index (χ0n) is 8.98. The van der Waals surface area contributed by atoms with Crippen molar-refractivity contribution in [3.63, 3.8) is 0 Å². The molecular formula is C11H16N2O2. The zero-order valence-corrected chi connectivity index (χ0v) is 8.98. The molecule has 0 aliphatic carbocycles. The first-order chi connectivity index (χ1) is 7.35. The van der Waals surface area contributed by atoms with Crippen molar-refractivity contribution in [3.8, 4) is 0 Å². The Balaban J connectivity index is 2.10. The first-order valence-corrected chi connectivity index (χ1v) is 5.47. The number of carbonyl (C=O) groups is 1. The highest BCUT2D eigenvalue weighted by molar-refractivity contribution is 5.53. The second kappa shape index (κ2) is 4.57. The molecule has 1 aromatic heterocycles. The van der Waals surface area contributed by atoms with E-state index in [1.807, 2.05) is 0 Å². The molecule has 1 fully saturated rings. The summed E-state index contributed by atoms with van der Waals surface area (Å²) in [5.74, 6) is 0.770. The molecule has 1 aromatic rings. The van der Waals surface area contributed by atoms with Crippen LogP contribution in [0.4, 0.5) is 0 Å². The average Bonchev–Trinajstić information content (AvgIpc) is 2.84. The Morgan fingerprint density at radius 2 is 2.60 bits per heavy atom. The van der Waals surface area contributed by atoms with Gasteiger partial charge in [0.1, 0.15) is 12.5 Å². The molecule has 15 heavy (non-hydrogen) atoms. The molecule has 0 radical (unpaired) electrons. The maximum Gasteiger partial charge on any atom is 0.211 e. The van der Waals surface area contributed by atoms with Crippen LogP contribution >= 0.6 is 0 Å². The van der Waals surface area contributed by atoms with Crippen molar-refractivity contribution in [1.29, 1.82) is 0 Å². The molecule has 0 amide bonds. The van der Waals surface area contributed by atoms with E-state index in [1.165, 1.54) is 6.42 Å². The highest BCUT2D eigenvalue weighted by atomic mass is 16.3. The van der Waals surface area contributed by atoms with E-state index in [-0.39, 0.29) is 0 Å². The smallest absolute Gasteiger partial charge is 0.211 e. The third kappa shape index (κ3) is 2.09. The fraction of sp³-hybridized carbons (Fsp3) is 0.636. The predicted molar refractivity (Wildman–Crippen MR) is 55.5 cm³/mol. The summed E-state index contributed by atoms with van der Waals surface area (Å²) in [5, 5.41) is 0. The first kappa shape index (κ1) is 10.4. The largest absolute Gasteiger partial charge is 0.447 e. The van der Waals surface area contributed by atoms with Crippen molar-refractivity contribution in [1.82, 2.24) is 9.88 Å². The topological polar surface area (TPSA) is 46.3 Å². The van der Waals surface area contributed by atoms with Crippen LogP contribution in [0.2, 0.25) is 0 Å². The van der Waals surface area contributed by atoms with Crippen LogP contribution in [0.25, 0.3) is 0 Å². The summed E-state index contributed by atoms with van der Waals surface area (Å²) >= 11 is 0. The predicted octanol–water partition coefficient (Wildman–Crippen LogP) is 1.57. The van der Waals surface area contributed by atoms with E-state index < -0.39 is 0 Å². The zero-order chi connectivity index (χ0) is 10.7. The normalized spacial score (nSPS) is 22.1. The van der Waals surface area contributed by atoms with Crippen molar-refractivity contribution in [3.05, 3.63) is 17.8 Å². The number of aromatic nitrogens is 1. The lowest BCUT2D eigenvalue weighted by atomic mass is 10.2. The van der Waals surface area contributed by atoms with E-state index in [0.717, 1.165) is 37.4 Å². The van der Waals surface area contributed by atoms with Crippen molar-refractivity contribution >= 4 is 6.29 Å². The van der Waals surface area contributed by atoms with Gasteiger partial charge in [0, 0.05) is 6.42 Å². The molecule has 0 bridgehead atoms. The second-order valence-corrected chi connectivity index (χ2v) is 3.83. The van der Waals surface area contributed by atoms with Crippen LogP contribution in [0.15, 0.2) is 10.7 Å². The third-order valence-electron chi connectivity index (χ3n) is 2.92. The van der Waals surface area contributed by atoms with E-state index in [1.54, 1.807) is 6.26 Å². The molecule has 1 aliphatic heterocycles. The van der Waals surface area contributed by atoms with E-state index >= 15 is 0 Å². The summed E-state index contributed by atoms with van der Waals surface area (Å²) < 4.78 is 5.42. The lowest BCUT2D eigenvalue weighted by Crippen LogP contribution is -2.22. The minimum atomic E-state index is 0.315. The number of aldehydes is 1. The van der Waals surface area contributed by atoms with Gasteiger partial charge in [0.25, 0.3) is 0 Å². The van der Waals surface area contributed by atoms with Crippen LogP contribution in [-0.2, 0) is 11.2 Å². The Bertz CT molecular complexity index is 335.